The van der Waals surface area contributed by atoms with Gasteiger partial charge in [-0.05, 0) is 13.0 Å². The number of rotatable bonds is 4. The molecule has 0 amide bonds. The molecule has 1 saturated heterocycles. The summed E-state index contributed by atoms with van der Waals surface area (Å²) in [4.78, 5) is 10.6. The molecule has 7 heteroatoms. The topological polar surface area (TPSA) is 75.2 Å². The fourth-order valence-electron chi connectivity index (χ4n) is 2.01. The summed E-state index contributed by atoms with van der Waals surface area (Å²) in [6.07, 6.45) is 4.24. The highest BCUT2D eigenvalue weighted by Gasteiger charge is 2.20. The smallest absolute Gasteiger partial charge is 0.225 e. The third-order valence-electron chi connectivity index (χ3n) is 3.11. The summed E-state index contributed by atoms with van der Waals surface area (Å²) in [7, 11) is -2.89. The lowest BCUT2D eigenvalue weighted by molar-refractivity contribution is 0.597. The number of hydrogen-bond acceptors (Lipinski definition) is 6. The SMILES string of the molecule is CCNCc1cnc(N2CCCS(=O)(=O)CC2)nc1. The molecule has 0 radical (unpaired) electrons. The van der Waals surface area contributed by atoms with Gasteiger partial charge in [-0.25, -0.2) is 18.4 Å². The second-order valence-electron chi connectivity index (χ2n) is 4.66. The zero-order chi connectivity index (χ0) is 13.7. The molecule has 106 valence electrons. The van der Waals surface area contributed by atoms with Gasteiger partial charge in [0.15, 0.2) is 9.84 Å². The van der Waals surface area contributed by atoms with E-state index in [0.29, 0.717) is 25.5 Å². The van der Waals surface area contributed by atoms with E-state index in [1.54, 1.807) is 12.4 Å². The first-order valence-electron chi connectivity index (χ1n) is 6.58. The Labute approximate surface area is 114 Å². The number of anilines is 1. The summed E-state index contributed by atoms with van der Waals surface area (Å²) in [6.45, 7) is 4.89. The van der Waals surface area contributed by atoms with Gasteiger partial charge in [0.25, 0.3) is 0 Å². The van der Waals surface area contributed by atoms with Crippen LogP contribution in [0.3, 0.4) is 0 Å². The second-order valence-corrected chi connectivity index (χ2v) is 6.97. The molecule has 1 aliphatic heterocycles. The molecule has 0 saturated carbocycles. The standard InChI is InChI=1S/C12H20N4O2S/c1-2-13-8-11-9-14-12(15-10-11)16-4-3-6-19(17,18)7-5-16/h9-10,13H,2-8H2,1H3. The Balaban J connectivity index is 2.01. The van der Waals surface area contributed by atoms with Crippen LogP contribution in [0.5, 0.6) is 0 Å². The molecular weight excluding hydrogens is 264 g/mol. The minimum absolute atomic E-state index is 0.190. The van der Waals surface area contributed by atoms with Crippen LogP contribution in [-0.2, 0) is 16.4 Å². The fourth-order valence-corrected chi connectivity index (χ4v) is 3.28. The summed E-state index contributed by atoms with van der Waals surface area (Å²) in [6, 6.07) is 0. The Morgan fingerprint density at radius 2 is 2.00 bits per heavy atom. The van der Waals surface area contributed by atoms with Crippen molar-refractivity contribution in [2.45, 2.75) is 19.9 Å². The predicted octanol–water partition coefficient (Wildman–Crippen LogP) is 0.211. The van der Waals surface area contributed by atoms with E-state index >= 15 is 0 Å². The van der Waals surface area contributed by atoms with Crippen LogP contribution < -0.4 is 10.2 Å². The minimum Gasteiger partial charge on any atom is -0.340 e. The summed E-state index contributed by atoms with van der Waals surface area (Å²) >= 11 is 0. The second kappa shape index (κ2) is 6.29. The van der Waals surface area contributed by atoms with E-state index in [1.807, 2.05) is 11.8 Å². The van der Waals surface area contributed by atoms with Gasteiger partial charge in [-0.2, -0.15) is 0 Å². The van der Waals surface area contributed by atoms with E-state index in [0.717, 1.165) is 18.7 Å². The van der Waals surface area contributed by atoms with Crippen molar-refractivity contribution in [3.05, 3.63) is 18.0 Å². The molecule has 1 aromatic rings. The fraction of sp³-hybridized carbons (Fsp3) is 0.667. The highest BCUT2D eigenvalue weighted by molar-refractivity contribution is 7.91. The summed E-state index contributed by atoms with van der Waals surface area (Å²) in [5.74, 6) is 1.08. The van der Waals surface area contributed by atoms with Gasteiger partial charge in [0, 0.05) is 37.6 Å². The van der Waals surface area contributed by atoms with Crippen molar-refractivity contribution in [2.75, 3.05) is 36.0 Å². The van der Waals surface area contributed by atoms with Gasteiger partial charge in [-0.15, -0.1) is 0 Å². The van der Waals surface area contributed by atoms with Crippen LogP contribution in [0.1, 0.15) is 18.9 Å². The van der Waals surface area contributed by atoms with Gasteiger partial charge >= 0.3 is 0 Å². The van der Waals surface area contributed by atoms with Crippen LogP contribution in [0.15, 0.2) is 12.4 Å². The lowest BCUT2D eigenvalue weighted by Crippen LogP contribution is -2.28. The van der Waals surface area contributed by atoms with Crippen LogP contribution in [0.4, 0.5) is 5.95 Å². The van der Waals surface area contributed by atoms with Crippen molar-refractivity contribution in [1.29, 1.82) is 0 Å². The van der Waals surface area contributed by atoms with Crippen LogP contribution in [0.2, 0.25) is 0 Å². The summed E-state index contributed by atoms with van der Waals surface area (Å²) in [5.41, 5.74) is 1.04. The molecule has 0 unspecified atom stereocenters. The normalized spacial score (nSPS) is 19.1. The van der Waals surface area contributed by atoms with Gasteiger partial charge in [0.05, 0.1) is 11.5 Å². The molecule has 6 nitrogen and oxygen atoms in total. The lowest BCUT2D eigenvalue weighted by atomic mass is 10.3. The molecule has 1 fully saturated rings. The number of nitrogens with one attached hydrogen (secondary N) is 1. The molecule has 1 aromatic heterocycles. The van der Waals surface area contributed by atoms with E-state index in [4.69, 9.17) is 0 Å². The first kappa shape index (κ1) is 14.2. The highest BCUT2D eigenvalue weighted by atomic mass is 32.2. The minimum atomic E-state index is -2.89. The zero-order valence-electron chi connectivity index (χ0n) is 11.2. The third-order valence-corrected chi connectivity index (χ3v) is 4.82. The average Bonchev–Trinajstić information content (AvgIpc) is 2.58. The Kier molecular flexibility index (Phi) is 4.71. The van der Waals surface area contributed by atoms with Crippen molar-refractivity contribution >= 4 is 15.8 Å². The van der Waals surface area contributed by atoms with Crippen LogP contribution in [0, 0.1) is 0 Å². The van der Waals surface area contributed by atoms with Crippen molar-refractivity contribution in [3.63, 3.8) is 0 Å². The molecule has 2 heterocycles. The maximum absolute atomic E-state index is 11.5. The molecular formula is C12H20N4O2S. The first-order valence-corrected chi connectivity index (χ1v) is 8.40. The number of sulfone groups is 1. The largest absolute Gasteiger partial charge is 0.340 e. The Morgan fingerprint density at radius 3 is 2.68 bits per heavy atom. The Morgan fingerprint density at radius 1 is 1.26 bits per heavy atom. The van der Waals surface area contributed by atoms with Gasteiger partial charge < -0.3 is 10.2 Å². The Bertz CT molecular complexity index is 501. The first-order chi connectivity index (χ1) is 9.11. The maximum atomic E-state index is 11.5. The molecule has 0 atom stereocenters. The van der Waals surface area contributed by atoms with Crippen molar-refractivity contribution in [2.24, 2.45) is 0 Å². The van der Waals surface area contributed by atoms with Gasteiger partial charge in [0.2, 0.25) is 5.95 Å². The van der Waals surface area contributed by atoms with E-state index in [1.165, 1.54) is 0 Å². The predicted molar refractivity (Wildman–Crippen MR) is 74.9 cm³/mol. The summed E-state index contributed by atoms with van der Waals surface area (Å²) < 4.78 is 23.1. The van der Waals surface area contributed by atoms with Gasteiger partial charge in [-0.1, -0.05) is 6.92 Å². The summed E-state index contributed by atoms with van der Waals surface area (Å²) in [5, 5.41) is 3.21. The van der Waals surface area contributed by atoms with Crippen molar-refractivity contribution in [3.8, 4) is 0 Å². The lowest BCUT2D eigenvalue weighted by Gasteiger charge is -2.19. The van der Waals surface area contributed by atoms with E-state index < -0.39 is 9.84 Å². The van der Waals surface area contributed by atoms with Crippen LogP contribution in [0.25, 0.3) is 0 Å². The number of hydrogen-bond donors (Lipinski definition) is 1. The molecule has 0 aliphatic carbocycles. The molecule has 0 bridgehead atoms. The Hall–Kier alpha value is -1.21. The molecule has 19 heavy (non-hydrogen) atoms. The number of nitrogens with zero attached hydrogens (tertiary/aromatic N) is 3. The molecule has 0 spiro atoms. The van der Waals surface area contributed by atoms with Crippen molar-refractivity contribution < 1.29 is 8.42 Å². The quantitative estimate of drug-likeness (QED) is 0.852. The maximum Gasteiger partial charge on any atom is 0.225 e. The van der Waals surface area contributed by atoms with E-state index in [9.17, 15) is 8.42 Å². The number of aromatic nitrogens is 2. The highest BCUT2D eigenvalue weighted by Crippen LogP contribution is 2.12. The molecule has 0 aromatic carbocycles. The van der Waals surface area contributed by atoms with Gasteiger partial charge in [0.1, 0.15) is 0 Å². The molecule has 1 aliphatic rings. The van der Waals surface area contributed by atoms with Crippen LogP contribution in [-0.4, -0.2) is 49.5 Å². The van der Waals surface area contributed by atoms with Gasteiger partial charge in [-0.3, -0.25) is 0 Å². The molecule has 2 rings (SSSR count). The third kappa shape index (κ3) is 4.14. The molecule has 1 N–H and O–H groups in total. The van der Waals surface area contributed by atoms with Crippen molar-refractivity contribution in [1.82, 2.24) is 15.3 Å². The van der Waals surface area contributed by atoms with E-state index in [-0.39, 0.29) is 11.5 Å². The van der Waals surface area contributed by atoms with Crippen LogP contribution >= 0.6 is 0 Å². The monoisotopic (exact) mass is 284 g/mol. The average molecular weight is 284 g/mol. The zero-order valence-corrected chi connectivity index (χ0v) is 12.0. The van der Waals surface area contributed by atoms with E-state index in [2.05, 4.69) is 15.3 Å².